The van der Waals surface area contributed by atoms with Crippen molar-refractivity contribution >= 4 is 15.9 Å². The molecule has 1 fully saturated rings. The van der Waals surface area contributed by atoms with E-state index in [4.69, 9.17) is 0 Å². The van der Waals surface area contributed by atoms with Crippen LogP contribution >= 0.6 is 0 Å². The van der Waals surface area contributed by atoms with Crippen molar-refractivity contribution in [3.63, 3.8) is 0 Å². The summed E-state index contributed by atoms with van der Waals surface area (Å²) in [7, 11) is -3.21. The maximum absolute atomic E-state index is 11.7. The summed E-state index contributed by atoms with van der Waals surface area (Å²) < 4.78 is 25.0. The summed E-state index contributed by atoms with van der Waals surface area (Å²) in [5, 5.41) is 2.77. The Morgan fingerprint density at radius 1 is 1.33 bits per heavy atom. The van der Waals surface area contributed by atoms with Crippen LogP contribution in [0.25, 0.3) is 0 Å². The number of nitrogens with one attached hydrogen (secondary N) is 1. The van der Waals surface area contributed by atoms with Gasteiger partial charge in [-0.2, -0.15) is 4.31 Å². The molecule has 0 atom stereocenters. The SMILES string of the molecule is CCCNC(=O)CCN(C1CCCC1)S(C)(=O)=O. The van der Waals surface area contributed by atoms with Crippen molar-refractivity contribution in [2.45, 2.75) is 51.5 Å². The van der Waals surface area contributed by atoms with E-state index in [1.165, 1.54) is 10.6 Å². The van der Waals surface area contributed by atoms with Crippen molar-refractivity contribution in [1.82, 2.24) is 9.62 Å². The van der Waals surface area contributed by atoms with Crippen LogP contribution in [0.4, 0.5) is 0 Å². The summed E-state index contributed by atoms with van der Waals surface area (Å²) in [4.78, 5) is 11.5. The largest absolute Gasteiger partial charge is 0.356 e. The fraction of sp³-hybridized carbons (Fsp3) is 0.917. The van der Waals surface area contributed by atoms with Gasteiger partial charge in [0.25, 0.3) is 0 Å². The lowest BCUT2D eigenvalue weighted by molar-refractivity contribution is -0.121. The van der Waals surface area contributed by atoms with Crippen LogP contribution < -0.4 is 5.32 Å². The Morgan fingerprint density at radius 2 is 1.94 bits per heavy atom. The molecule has 0 radical (unpaired) electrons. The molecule has 1 N–H and O–H groups in total. The van der Waals surface area contributed by atoms with Crippen LogP contribution in [-0.2, 0) is 14.8 Å². The molecule has 0 aromatic rings. The van der Waals surface area contributed by atoms with E-state index in [9.17, 15) is 13.2 Å². The van der Waals surface area contributed by atoms with Crippen molar-refractivity contribution in [3.05, 3.63) is 0 Å². The van der Waals surface area contributed by atoms with E-state index in [1.807, 2.05) is 6.92 Å². The standard InChI is InChI=1S/C12H24N2O3S/c1-3-9-13-12(15)8-10-14(18(2,16)17)11-6-4-5-7-11/h11H,3-10H2,1-2H3,(H,13,15). The van der Waals surface area contributed by atoms with Gasteiger partial charge in [0.2, 0.25) is 15.9 Å². The molecule has 1 saturated carbocycles. The van der Waals surface area contributed by atoms with Crippen molar-refractivity contribution in [1.29, 1.82) is 0 Å². The van der Waals surface area contributed by atoms with Crippen LogP contribution in [0.15, 0.2) is 0 Å². The van der Waals surface area contributed by atoms with E-state index >= 15 is 0 Å². The summed E-state index contributed by atoms with van der Waals surface area (Å²) in [6, 6.07) is 0.0963. The van der Waals surface area contributed by atoms with E-state index in [2.05, 4.69) is 5.32 Å². The second-order valence-corrected chi connectivity index (χ2v) is 6.85. The topological polar surface area (TPSA) is 66.5 Å². The van der Waals surface area contributed by atoms with Crippen LogP contribution in [0.3, 0.4) is 0 Å². The second-order valence-electron chi connectivity index (χ2n) is 4.91. The minimum atomic E-state index is -3.21. The molecule has 1 amide bonds. The molecule has 1 rings (SSSR count). The minimum absolute atomic E-state index is 0.0662. The molecule has 1 aliphatic carbocycles. The van der Waals surface area contributed by atoms with Crippen LogP contribution in [0.1, 0.15) is 45.4 Å². The molecule has 106 valence electrons. The molecule has 18 heavy (non-hydrogen) atoms. The van der Waals surface area contributed by atoms with Crippen LogP contribution in [0.2, 0.25) is 0 Å². The first-order chi connectivity index (χ1) is 8.45. The number of amides is 1. The monoisotopic (exact) mass is 276 g/mol. The summed E-state index contributed by atoms with van der Waals surface area (Å²) in [5.74, 6) is -0.0662. The lowest BCUT2D eigenvalue weighted by Crippen LogP contribution is -2.40. The molecule has 0 bridgehead atoms. The van der Waals surface area contributed by atoms with Crippen molar-refractivity contribution in [2.24, 2.45) is 0 Å². The first-order valence-electron chi connectivity index (χ1n) is 6.68. The molecule has 0 aromatic carbocycles. The summed E-state index contributed by atoms with van der Waals surface area (Å²) in [5.41, 5.74) is 0. The Morgan fingerprint density at radius 3 is 2.44 bits per heavy atom. The average molecular weight is 276 g/mol. The molecule has 0 saturated heterocycles. The zero-order valence-electron chi connectivity index (χ0n) is 11.3. The smallest absolute Gasteiger partial charge is 0.221 e. The predicted molar refractivity (Wildman–Crippen MR) is 71.7 cm³/mol. The Kier molecular flexibility index (Phi) is 6.08. The van der Waals surface area contributed by atoms with E-state index in [0.717, 1.165) is 32.1 Å². The molecular formula is C12H24N2O3S. The first-order valence-corrected chi connectivity index (χ1v) is 8.53. The van der Waals surface area contributed by atoms with E-state index in [0.29, 0.717) is 13.1 Å². The lowest BCUT2D eigenvalue weighted by atomic mass is 10.2. The van der Waals surface area contributed by atoms with Gasteiger partial charge in [-0.1, -0.05) is 19.8 Å². The Hall–Kier alpha value is -0.620. The molecule has 0 spiro atoms. The summed E-state index contributed by atoms with van der Waals surface area (Å²) >= 11 is 0. The molecule has 5 nitrogen and oxygen atoms in total. The second kappa shape index (κ2) is 7.09. The molecule has 0 heterocycles. The Labute approximate surface area is 110 Å². The van der Waals surface area contributed by atoms with Gasteiger partial charge in [-0.25, -0.2) is 8.42 Å². The average Bonchev–Trinajstić information content (AvgIpc) is 2.78. The third kappa shape index (κ3) is 4.94. The van der Waals surface area contributed by atoms with E-state index in [1.54, 1.807) is 0 Å². The van der Waals surface area contributed by atoms with Gasteiger partial charge in [-0.05, 0) is 19.3 Å². The zero-order chi connectivity index (χ0) is 13.6. The summed E-state index contributed by atoms with van der Waals surface area (Å²) in [6.45, 7) is 2.95. The number of nitrogens with zero attached hydrogens (tertiary/aromatic N) is 1. The van der Waals surface area contributed by atoms with Gasteiger partial charge >= 0.3 is 0 Å². The number of hydrogen-bond acceptors (Lipinski definition) is 3. The van der Waals surface area contributed by atoms with E-state index in [-0.39, 0.29) is 18.4 Å². The van der Waals surface area contributed by atoms with E-state index < -0.39 is 10.0 Å². The normalized spacial score (nSPS) is 17.3. The van der Waals surface area contributed by atoms with Gasteiger partial charge in [0.05, 0.1) is 6.26 Å². The van der Waals surface area contributed by atoms with Gasteiger partial charge in [-0.3, -0.25) is 4.79 Å². The number of hydrogen-bond donors (Lipinski definition) is 1. The van der Waals surface area contributed by atoms with Gasteiger partial charge in [0.1, 0.15) is 0 Å². The van der Waals surface area contributed by atoms with Gasteiger partial charge in [-0.15, -0.1) is 0 Å². The fourth-order valence-electron chi connectivity index (χ4n) is 2.38. The molecule has 6 heteroatoms. The van der Waals surface area contributed by atoms with Gasteiger partial charge in [0.15, 0.2) is 0 Å². The van der Waals surface area contributed by atoms with Crippen LogP contribution in [-0.4, -0.2) is 44.0 Å². The highest BCUT2D eigenvalue weighted by atomic mass is 32.2. The Bertz CT molecular complexity index is 362. The lowest BCUT2D eigenvalue weighted by Gasteiger charge is -2.26. The number of rotatable bonds is 7. The van der Waals surface area contributed by atoms with Crippen molar-refractivity contribution in [3.8, 4) is 0 Å². The van der Waals surface area contributed by atoms with Crippen LogP contribution in [0.5, 0.6) is 0 Å². The maximum atomic E-state index is 11.7. The maximum Gasteiger partial charge on any atom is 0.221 e. The third-order valence-electron chi connectivity index (χ3n) is 3.29. The van der Waals surface area contributed by atoms with Gasteiger partial charge in [0, 0.05) is 25.6 Å². The summed E-state index contributed by atoms with van der Waals surface area (Å²) in [6.07, 6.45) is 6.38. The number of carbonyl (C=O) groups is 1. The number of carbonyl (C=O) groups excluding carboxylic acids is 1. The first kappa shape index (κ1) is 15.4. The minimum Gasteiger partial charge on any atom is -0.356 e. The fourth-order valence-corrected chi connectivity index (χ4v) is 3.55. The molecular weight excluding hydrogens is 252 g/mol. The highest BCUT2D eigenvalue weighted by molar-refractivity contribution is 7.88. The van der Waals surface area contributed by atoms with Crippen molar-refractivity contribution in [2.75, 3.05) is 19.3 Å². The van der Waals surface area contributed by atoms with Crippen molar-refractivity contribution < 1.29 is 13.2 Å². The molecule has 0 aromatic heterocycles. The molecule has 0 unspecified atom stereocenters. The highest BCUT2D eigenvalue weighted by Gasteiger charge is 2.29. The predicted octanol–water partition coefficient (Wildman–Crippen LogP) is 1.11. The number of sulfonamides is 1. The zero-order valence-corrected chi connectivity index (χ0v) is 12.1. The molecule has 0 aliphatic heterocycles. The molecule has 1 aliphatic rings. The van der Waals surface area contributed by atoms with Gasteiger partial charge < -0.3 is 5.32 Å². The van der Waals surface area contributed by atoms with Crippen LogP contribution in [0, 0.1) is 0 Å². The highest BCUT2D eigenvalue weighted by Crippen LogP contribution is 2.25. The quantitative estimate of drug-likeness (QED) is 0.757. The Balaban J connectivity index is 2.49. The third-order valence-corrected chi connectivity index (χ3v) is 4.62.